The van der Waals surface area contributed by atoms with E-state index in [0.717, 1.165) is 16.7 Å². The summed E-state index contributed by atoms with van der Waals surface area (Å²) in [6.07, 6.45) is 4.68. The number of hydrogen-bond donors (Lipinski definition) is 2. The molecule has 0 amide bonds. The van der Waals surface area contributed by atoms with Crippen LogP contribution in [0.15, 0.2) is 4.60 Å². The summed E-state index contributed by atoms with van der Waals surface area (Å²) in [6, 6.07) is 0.0981. The third kappa shape index (κ3) is 3.50. The second kappa shape index (κ2) is 7.08. The monoisotopic (exact) mass is 303 g/mol. The van der Waals surface area contributed by atoms with Crippen molar-refractivity contribution in [3.63, 3.8) is 0 Å². The highest BCUT2D eigenvalue weighted by Crippen LogP contribution is 2.31. The Bertz CT molecular complexity index is 319. The van der Waals surface area contributed by atoms with Gasteiger partial charge in [0, 0.05) is 7.05 Å². The van der Waals surface area contributed by atoms with Crippen molar-refractivity contribution in [3.05, 3.63) is 10.3 Å². The van der Waals surface area contributed by atoms with Crippen molar-refractivity contribution >= 4 is 15.9 Å². The van der Waals surface area contributed by atoms with Gasteiger partial charge in [-0.2, -0.15) is 0 Å². The Morgan fingerprint density at radius 1 is 1.47 bits per heavy atom. The minimum absolute atomic E-state index is 0.0981. The van der Waals surface area contributed by atoms with Crippen molar-refractivity contribution in [1.29, 1.82) is 0 Å². The van der Waals surface area contributed by atoms with Crippen molar-refractivity contribution in [2.45, 2.75) is 45.6 Å². The molecule has 0 fully saturated rings. The molecule has 0 aliphatic heterocycles. The summed E-state index contributed by atoms with van der Waals surface area (Å²) in [7, 11) is 1.89. The smallest absolute Gasteiger partial charge is 0.153 e. The van der Waals surface area contributed by atoms with Crippen LogP contribution in [0.2, 0.25) is 0 Å². The lowest BCUT2D eigenvalue weighted by Gasteiger charge is -2.25. The van der Waals surface area contributed by atoms with Gasteiger partial charge in [0.05, 0.1) is 11.7 Å². The van der Waals surface area contributed by atoms with Crippen molar-refractivity contribution in [2.75, 3.05) is 0 Å². The number of hydrogen-bond acceptors (Lipinski definition) is 4. The predicted octanol–water partition coefficient (Wildman–Crippen LogP) is 2.30. The van der Waals surface area contributed by atoms with Gasteiger partial charge in [0.25, 0.3) is 0 Å². The third-order valence-corrected chi connectivity index (χ3v) is 3.79. The van der Waals surface area contributed by atoms with Crippen LogP contribution in [0.4, 0.5) is 0 Å². The van der Waals surface area contributed by atoms with Crippen LogP contribution in [0.1, 0.15) is 51.3 Å². The van der Waals surface area contributed by atoms with Gasteiger partial charge in [0.2, 0.25) is 0 Å². The molecule has 3 N–H and O–H groups in total. The zero-order chi connectivity index (χ0) is 12.8. The minimum atomic E-state index is 0.0981. The van der Waals surface area contributed by atoms with Gasteiger partial charge in [-0.3, -0.25) is 11.3 Å². The molecule has 98 valence electrons. The molecule has 0 aliphatic carbocycles. The van der Waals surface area contributed by atoms with Crippen molar-refractivity contribution < 1.29 is 0 Å². The third-order valence-electron chi connectivity index (χ3n) is 3.23. The Kier molecular flexibility index (Phi) is 6.08. The SMILES string of the molecule is CCCCC(CC)C(NN)c1c(Br)nnn1C. The van der Waals surface area contributed by atoms with Crippen LogP contribution in [0.3, 0.4) is 0 Å². The van der Waals surface area contributed by atoms with E-state index in [1.807, 2.05) is 7.05 Å². The normalized spacial score (nSPS) is 14.9. The van der Waals surface area contributed by atoms with Gasteiger partial charge in [-0.1, -0.05) is 38.3 Å². The fourth-order valence-electron chi connectivity index (χ4n) is 2.18. The van der Waals surface area contributed by atoms with E-state index in [2.05, 4.69) is 45.5 Å². The summed E-state index contributed by atoms with van der Waals surface area (Å²) in [5, 5.41) is 8.02. The second-order valence-corrected chi connectivity index (χ2v) is 5.10. The molecule has 1 rings (SSSR count). The number of nitrogens with zero attached hydrogens (tertiary/aromatic N) is 3. The number of nitrogens with two attached hydrogens (primary N) is 1. The molecule has 1 aromatic heterocycles. The fraction of sp³-hybridized carbons (Fsp3) is 0.818. The van der Waals surface area contributed by atoms with E-state index in [-0.39, 0.29) is 6.04 Å². The summed E-state index contributed by atoms with van der Waals surface area (Å²) < 4.78 is 2.56. The van der Waals surface area contributed by atoms with Crippen molar-refractivity contribution in [3.8, 4) is 0 Å². The molecular weight excluding hydrogens is 282 g/mol. The Balaban J connectivity index is 2.88. The van der Waals surface area contributed by atoms with Crippen LogP contribution < -0.4 is 11.3 Å². The maximum atomic E-state index is 5.71. The number of aryl methyl sites for hydroxylation is 1. The van der Waals surface area contributed by atoms with Crippen LogP contribution in [0.25, 0.3) is 0 Å². The van der Waals surface area contributed by atoms with Crippen molar-refractivity contribution in [2.24, 2.45) is 18.8 Å². The van der Waals surface area contributed by atoms with Gasteiger partial charge in [-0.15, -0.1) is 5.10 Å². The largest absolute Gasteiger partial charge is 0.271 e. The molecule has 0 bridgehead atoms. The minimum Gasteiger partial charge on any atom is -0.271 e. The highest BCUT2D eigenvalue weighted by Gasteiger charge is 2.26. The predicted molar refractivity (Wildman–Crippen MR) is 72.1 cm³/mol. The number of hydrazine groups is 1. The van der Waals surface area contributed by atoms with Crippen LogP contribution in [0, 0.1) is 5.92 Å². The number of unbranched alkanes of at least 4 members (excludes halogenated alkanes) is 1. The van der Waals surface area contributed by atoms with E-state index in [9.17, 15) is 0 Å². The average Bonchev–Trinajstić information content (AvgIpc) is 2.65. The highest BCUT2D eigenvalue weighted by atomic mass is 79.9. The first-order chi connectivity index (χ1) is 8.15. The Hall–Kier alpha value is -0.460. The van der Waals surface area contributed by atoms with E-state index < -0.39 is 0 Å². The topological polar surface area (TPSA) is 68.8 Å². The van der Waals surface area contributed by atoms with Gasteiger partial charge in [0.1, 0.15) is 0 Å². The quantitative estimate of drug-likeness (QED) is 0.599. The Morgan fingerprint density at radius 3 is 2.59 bits per heavy atom. The zero-order valence-corrected chi connectivity index (χ0v) is 12.4. The zero-order valence-electron chi connectivity index (χ0n) is 10.8. The first-order valence-electron chi connectivity index (χ1n) is 6.16. The maximum Gasteiger partial charge on any atom is 0.153 e. The van der Waals surface area contributed by atoms with Crippen LogP contribution in [0.5, 0.6) is 0 Å². The van der Waals surface area contributed by atoms with Gasteiger partial charge in [-0.25, -0.2) is 4.68 Å². The van der Waals surface area contributed by atoms with Crippen LogP contribution in [-0.2, 0) is 7.05 Å². The first kappa shape index (κ1) is 14.6. The van der Waals surface area contributed by atoms with Crippen molar-refractivity contribution in [1.82, 2.24) is 20.4 Å². The fourth-order valence-corrected chi connectivity index (χ4v) is 2.75. The summed E-state index contributed by atoms with van der Waals surface area (Å²) in [5.41, 5.74) is 3.94. The second-order valence-electron chi connectivity index (χ2n) is 4.34. The molecule has 0 radical (unpaired) electrons. The maximum absolute atomic E-state index is 5.71. The lowest BCUT2D eigenvalue weighted by atomic mass is 9.90. The molecule has 1 heterocycles. The lowest BCUT2D eigenvalue weighted by Crippen LogP contribution is -2.35. The average molecular weight is 304 g/mol. The van der Waals surface area contributed by atoms with Crippen LogP contribution in [-0.4, -0.2) is 15.0 Å². The number of nitrogens with one attached hydrogen (secondary N) is 1. The van der Waals surface area contributed by atoms with Gasteiger partial charge < -0.3 is 0 Å². The molecular formula is C11H22BrN5. The standard InChI is InChI=1S/C11H22BrN5/c1-4-6-7-8(5-2)9(14-13)10-11(12)15-16-17(10)3/h8-9,14H,4-7,13H2,1-3H3. The molecule has 17 heavy (non-hydrogen) atoms. The Morgan fingerprint density at radius 2 is 2.18 bits per heavy atom. The molecule has 0 aromatic carbocycles. The number of aromatic nitrogens is 3. The number of rotatable bonds is 7. The molecule has 2 unspecified atom stereocenters. The molecule has 2 atom stereocenters. The van der Waals surface area contributed by atoms with E-state index in [1.165, 1.54) is 19.3 Å². The number of halogens is 1. The molecule has 0 aliphatic rings. The molecule has 5 nitrogen and oxygen atoms in total. The van der Waals surface area contributed by atoms with E-state index >= 15 is 0 Å². The molecule has 1 aromatic rings. The summed E-state index contributed by atoms with van der Waals surface area (Å²) in [5.74, 6) is 6.22. The Labute approximate surface area is 111 Å². The summed E-state index contributed by atoms with van der Waals surface area (Å²) >= 11 is 3.43. The molecule has 6 heteroatoms. The van der Waals surface area contributed by atoms with Gasteiger partial charge in [0.15, 0.2) is 4.60 Å². The van der Waals surface area contributed by atoms with E-state index in [4.69, 9.17) is 5.84 Å². The van der Waals surface area contributed by atoms with Gasteiger partial charge >= 0.3 is 0 Å². The molecule has 0 saturated heterocycles. The summed E-state index contributed by atoms with van der Waals surface area (Å²) in [6.45, 7) is 4.40. The first-order valence-corrected chi connectivity index (χ1v) is 6.96. The molecule has 0 spiro atoms. The van der Waals surface area contributed by atoms with E-state index in [1.54, 1.807) is 4.68 Å². The van der Waals surface area contributed by atoms with Crippen LogP contribution >= 0.6 is 15.9 Å². The van der Waals surface area contributed by atoms with E-state index in [0.29, 0.717) is 5.92 Å². The molecule has 0 saturated carbocycles. The highest BCUT2D eigenvalue weighted by molar-refractivity contribution is 9.10. The lowest BCUT2D eigenvalue weighted by molar-refractivity contribution is 0.313. The summed E-state index contributed by atoms with van der Waals surface area (Å²) in [4.78, 5) is 0. The van der Waals surface area contributed by atoms with Gasteiger partial charge in [-0.05, 0) is 28.3 Å².